The first kappa shape index (κ1) is 13.2. The number of oxazole rings is 1. The van der Waals surface area contributed by atoms with E-state index in [9.17, 15) is 0 Å². The maximum Gasteiger partial charge on any atom is 0.211 e. The fraction of sp³-hybridized carbons (Fsp3) is 0.750. The van der Waals surface area contributed by atoms with Crippen LogP contribution in [0.4, 0.5) is 0 Å². The second kappa shape index (κ2) is 7.41. The molecule has 1 aromatic rings. The van der Waals surface area contributed by atoms with Gasteiger partial charge in [0.2, 0.25) is 5.89 Å². The lowest BCUT2D eigenvalue weighted by Crippen LogP contribution is -2.19. The summed E-state index contributed by atoms with van der Waals surface area (Å²) in [6, 6.07) is 0.167. The largest absolute Gasteiger partial charge is 0.442 e. The van der Waals surface area contributed by atoms with E-state index in [1.165, 1.54) is 0 Å². The zero-order valence-electron chi connectivity index (χ0n) is 10.5. The minimum Gasteiger partial charge on any atom is -0.442 e. The maximum absolute atomic E-state index is 5.59. The van der Waals surface area contributed by atoms with Crippen molar-refractivity contribution < 1.29 is 9.15 Å². The summed E-state index contributed by atoms with van der Waals surface area (Å²) in [6.07, 6.45) is 3.88. The van der Waals surface area contributed by atoms with Gasteiger partial charge in [-0.25, -0.2) is 4.98 Å². The van der Waals surface area contributed by atoms with E-state index in [2.05, 4.69) is 31.1 Å². The highest BCUT2D eigenvalue weighted by Crippen LogP contribution is 2.13. The smallest absolute Gasteiger partial charge is 0.211 e. The van der Waals surface area contributed by atoms with E-state index >= 15 is 0 Å². The molecule has 0 aliphatic heterocycles. The molecule has 0 amide bonds. The molecule has 0 fully saturated rings. The number of ether oxygens (including phenoxy) is 1. The molecule has 1 N–H and O–H groups in total. The molecule has 0 aliphatic rings. The van der Waals surface area contributed by atoms with Crippen molar-refractivity contribution in [3.63, 3.8) is 0 Å². The van der Waals surface area contributed by atoms with Crippen molar-refractivity contribution in [2.24, 2.45) is 0 Å². The maximum atomic E-state index is 5.59. The minimum atomic E-state index is 0.167. The fourth-order valence-electron chi connectivity index (χ4n) is 1.35. The van der Waals surface area contributed by atoms with Crippen molar-refractivity contribution in [1.82, 2.24) is 10.3 Å². The number of nitrogens with zero attached hydrogens (tertiary/aromatic N) is 1. The number of aromatic nitrogens is 1. The monoisotopic (exact) mass is 226 g/mol. The lowest BCUT2D eigenvalue weighted by molar-refractivity contribution is 0.105. The van der Waals surface area contributed by atoms with Gasteiger partial charge in [-0.05, 0) is 26.3 Å². The van der Waals surface area contributed by atoms with Crippen LogP contribution in [0.5, 0.6) is 0 Å². The van der Waals surface area contributed by atoms with Gasteiger partial charge in [0.05, 0.1) is 12.2 Å². The molecule has 0 radical (unpaired) electrons. The molecule has 1 unspecified atom stereocenters. The van der Waals surface area contributed by atoms with E-state index < -0.39 is 0 Å². The first-order chi connectivity index (χ1) is 7.77. The van der Waals surface area contributed by atoms with E-state index in [-0.39, 0.29) is 6.04 Å². The summed E-state index contributed by atoms with van der Waals surface area (Å²) in [5, 5.41) is 3.33. The summed E-state index contributed by atoms with van der Waals surface area (Å²) in [7, 11) is 0. The van der Waals surface area contributed by atoms with E-state index in [1.807, 2.05) is 0 Å². The molecule has 1 heterocycles. The van der Waals surface area contributed by atoms with Gasteiger partial charge >= 0.3 is 0 Å². The number of rotatable bonds is 8. The van der Waals surface area contributed by atoms with Gasteiger partial charge in [0, 0.05) is 6.61 Å². The summed E-state index contributed by atoms with van der Waals surface area (Å²) in [5.74, 6) is 1.54. The molecule has 1 rings (SSSR count). The second-order valence-electron chi connectivity index (χ2n) is 3.89. The van der Waals surface area contributed by atoms with Crippen molar-refractivity contribution in [1.29, 1.82) is 0 Å². The molecule has 1 aromatic heterocycles. The Bertz CT molecular complexity index is 286. The van der Waals surface area contributed by atoms with Gasteiger partial charge in [-0.2, -0.15) is 0 Å². The molecule has 0 aliphatic carbocycles. The van der Waals surface area contributed by atoms with Gasteiger partial charge in [-0.15, -0.1) is 0 Å². The SMILES string of the molecule is CCCNC(C)c1ncc(COCCC)o1. The van der Waals surface area contributed by atoms with E-state index in [0.717, 1.165) is 37.6 Å². The summed E-state index contributed by atoms with van der Waals surface area (Å²) < 4.78 is 11.0. The molecule has 92 valence electrons. The van der Waals surface area contributed by atoms with Gasteiger partial charge in [0.15, 0.2) is 0 Å². The third-order valence-electron chi connectivity index (χ3n) is 2.24. The molecule has 0 aromatic carbocycles. The van der Waals surface area contributed by atoms with Crippen LogP contribution < -0.4 is 5.32 Å². The third kappa shape index (κ3) is 4.33. The predicted molar refractivity (Wildman–Crippen MR) is 63.2 cm³/mol. The van der Waals surface area contributed by atoms with E-state index in [1.54, 1.807) is 6.20 Å². The van der Waals surface area contributed by atoms with Crippen LogP contribution in [0.15, 0.2) is 10.6 Å². The summed E-state index contributed by atoms with van der Waals surface area (Å²) in [4.78, 5) is 4.24. The van der Waals surface area contributed by atoms with Crippen LogP contribution >= 0.6 is 0 Å². The number of hydrogen-bond acceptors (Lipinski definition) is 4. The Morgan fingerprint density at radius 1 is 1.44 bits per heavy atom. The summed E-state index contributed by atoms with van der Waals surface area (Å²) >= 11 is 0. The van der Waals surface area contributed by atoms with Crippen LogP contribution in [-0.2, 0) is 11.3 Å². The van der Waals surface area contributed by atoms with Crippen LogP contribution in [-0.4, -0.2) is 18.1 Å². The zero-order valence-corrected chi connectivity index (χ0v) is 10.5. The Balaban J connectivity index is 2.37. The number of hydrogen-bond donors (Lipinski definition) is 1. The topological polar surface area (TPSA) is 47.3 Å². The molecule has 0 spiro atoms. The first-order valence-electron chi connectivity index (χ1n) is 6.03. The fourth-order valence-corrected chi connectivity index (χ4v) is 1.35. The minimum absolute atomic E-state index is 0.167. The van der Waals surface area contributed by atoms with Crippen molar-refractivity contribution in [3.05, 3.63) is 17.8 Å². The Labute approximate surface area is 97.4 Å². The first-order valence-corrected chi connectivity index (χ1v) is 6.03. The average Bonchev–Trinajstić information content (AvgIpc) is 2.75. The Morgan fingerprint density at radius 3 is 2.94 bits per heavy atom. The van der Waals surface area contributed by atoms with Crippen LogP contribution in [0.3, 0.4) is 0 Å². The van der Waals surface area contributed by atoms with Gasteiger partial charge in [0.1, 0.15) is 12.4 Å². The van der Waals surface area contributed by atoms with Gasteiger partial charge < -0.3 is 14.5 Å². The van der Waals surface area contributed by atoms with Crippen molar-refractivity contribution in [2.45, 2.75) is 46.3 Å². The lowest BCUT2D eigenvalue weighted by Gasteiger charge is -2.08. The predicted octanol–water partition coefficient (Wildman–Crippen LogP) is 2.66. The van der Waals surface area contributed by atoms with Crippen molar-refractivity contribution in [2.75, 3.05) is 13.2 Å². The Morgan fingerprint density at radius 2 is 2.25 bits per heavy atom. The zero-order chi connectivity index (χ0) is 11.8. The van der Waals surface area contributed by atoms with E-state index in [4.69, 9.17) is 9.15 Å². The molecule has 1 atom stereocenters. The molecular weight excluding hydrogens is 204 g/mol. The molecule has 0 saturated carbocycles. The summed E-state index contributed by atoms with van der Waals surface area (Å²) in [5.41, 5.74) is 0. The molecule has 4 nitrogen and oxygen atoms in total. The average molecular weight is 226 g/mol. The third-order valence-corrected chi connectivity index (χ3v) is 2.24. The lowest BCUT2D eigenvalue weighted by atomic mass is 10.3. The molecular formula is C12H22N2O2. The highest BCUT2D eigenvalue weighted by Gasteiger charge is 2.11. The molecule has 0 bridgehead atoms. The Hall–Kier alpha value is -0.870. The van der Waals surface area contributed by atoms with Gasteiger partial charge in [-0.1, -0.05) is 13.8 Å². The van der Waals surface area contributed by atoms with Crippen LogP contribution in [0.2, 0.25) is 0 Å². The Kier molecular flexibility index (Phi) is 6.11. The van der Waals surface area contributed by atoms with Gasteiger partial charge in [-0.3, -0.25) is 0 Å². The van der Waals surface area contributed by atoms with Crippen LogP contribution in [0.25, 0.3) is 0 Å². The molecule has 0 saturated heterocycles. The summed E-state index contributed by atoms with van der Waals surface area (Å²) in [6.45, 7) is 8.53. The normalized spacial score (nSPS) is 12.9. The highest BCUT2D eigenvalue weighted by atomic mass is 16.5. The highest BCUT2D eigenvalue weighted by molar-refractivity contribution is 4.96. The molecule has 16 heavy (non-hydrogen) atoms. The quantitative estimate of drug-likeness (QED) is 0.692. The standard InChI is InChI=1S/C12H22N2O2/c1-4-6-13-10(3)12-14-8-11(16-12)9-15-7-5-2/h8,10,13H,4-7,9H2,1-3H3. The van der Waals surface area contributed by atoms with Crippen LogP contribution in [0, 0.1) is 0 Å². The second-order valence-corrected chi connectivity index (χ2v) is 3.89. The van der Waals surface area contributed by atoms with E-state index in [0.29, 0.717) is 6.61 Å². The van der Waals surface area contributed by atoms with Crippen LogP contribution in [0.1, 0.15) is 51.3 Å². The number of nitrogens with one attached hydrogen (secondary N) is 1. The van der Waals surface area contributed by atoms with Gasteiger partial charge in [0.25, 0.3) is 0 Å². The van der Waals surface area contributed by atoms with Crippen molar-refractivity contribution >= 4 is 0 Å². The molecule has 4 heteroatoms. The van der Waals surface area contributed by atoms with Crippen molar-refractivity contribution in [3.8, 4) is 0 Å².